The van der Waals surface area contributed by atoms with Gasteiger partial charge in [0.25, 0.3) is 5.91 Å². The molecule has 0 spiro atoms. The number of nitrogen functional groups attached to an aromatic ring is 1. The van der Waals surface area contributed by atoms with E-state index in [2.05, 4.69) is 10.4 Å². The number of nitrogens with zero attached hydrogens (tertiary/aromatic N) is 2. The lowest BCUT2D eigenvalue weighted by molar-refractivity contribution is 0.0951. The molecule has 1 amide bonds. The summed E-state index contributed by atoms with van der Waals surface area (Å²) in [4.78, 5) is 11.8. The van der Waals surface area contributed by atoms with Crippen LogP contribution in [0.3, 0.4) is 0 Å². The monoisotopic (exact) mass is 260 g/mol. The van der Waals surface area contributed by atoms with E-state index < -0.39 is 0 Å². The average molecular weight is 260 g/mol. The third-order valence-electron chi connectivity index (χ3n) is 2.75. The zero-order valence-electron chi connectivity index (χ0n) is 10.6. The van der Waals surface area contributed by atoms with Crippen LogP contribution in [0.1, 0.15) is 15.9 Å². The van der Waals surface area contributed by atoms with Crippen molar-refractivity contribution >= 4 is 11.6 Å². The molecule has 100 valence electrons. The fraction of sp³-hybridized carbons (Fsp3) is 0.231. The number of rotatable bonds is 4. The summed E-state index contributed by atoms with van der Waals surface area (Å²) in [5.74, 6) is -0.108. The summed E-state index contributed by atoms with van der Waals surface area (Å²) in [5, 5.41) is 16.3. The van der Waals surface area contributed by atoms with Crippen LogP contribution in [0.4, 0.5) is 5.69 Å². The number of carbonyl (C=O) groups excluding carboxylic acids is 1. The molecule has 0 aliphatic heterocycles. The van der Waals surface area contributed by atoms with E-state index in [4.69, 9.17) is 5.73 Å². The number of anilines is 1. The van der Waals surface area contributed by atoms with Crippen LogP contribution < -0.4 is 11.1 Å². The maximum Gasteiger partial charge on any atom is 0.251 e. The first-order valence-corrected chi connectivity index (χ1v) is 5.92. The zero-order valence-corrected chi connectivity index (χ0v) is 10.6. The van der Waals surface area contributed by atoms with Gasteiger partial charge in [0, 0.05) is 18.3 Å². The van der Waals surface area contributed by atoms with Crippen LogP contribution in [0.2, 0.25) is 0 Å². The van der Waals surface area contributed by atoms with Gasteiger partial charge in [-0.15, -0.1) is 0 Å². The van der Waals surface area contributed by atoms with Gasteiger partial charge in [-0.3, -0.25) is 9.48 Å². The van der Waals surface area contributed by atoms with Crippen molar-refractivity contribution in [2.45, 2.75) is 13.5 Å². The average Bonchev–Trinajstić information content (AvgIpc) is 2.78. The summed E-state index contributed by atoms with van der Waals surface area (Å²) in [6, 6.07) is 4.84. The molecule has 0 saturated carbocycles. The van der Waals surface area contributed by atoms with E-state index in [0.29, 0.717) is 24.3 Å². The highest BCUT2D eigenvalue weighted by molar-refractivity contribution is 5.94. The number of nitrogens with one attached hydrogen (secondary N) is 1. The summed E-state index contributed by atoms with van der Waals surface area (Å²) in [6.45, 7) is 2.76. The number of benzene rings is 1. The number of phenols is 1. The first-order valence-electron chi connectivity index (χ1n) is 5.92. The van der Waals surface area contributed by atoms with E-state index in [1.807, 2.05) is 0 Å². The van der Waals surface area contributed by atoms with Gasteiger partial charge < -0.3 is 16.2 Å². The van der Waals surface area contributed by atoms with Crippen LogP contribution in [0.5, 0.6) is 5.75 Å². The van der Waals surface area contributed by atoms with Crippen molar-refractivity contribution in [2.24, 2.45) is 0 Å². The second-order valence-electron chi connectivity index (χ2n) is 4.29. The predicted molar refractivity (Wildman–Crippen MR) is 71.8 cm³/mol. The van der Waals surface area contributed by atoms with Crippen molar-refractivity contribution in [1.82, 2.24) is 15.1 Å². The minimum Gasteiger partial charge on any atom is -0.508 e. The van der Waals surface area contributed by atoms with Gasteiger partial charge in [0.15, 0.2) is 0 Å². The number of hydrogen-bond donors (Lipinski definition) is 3. The number of aromatic nitrogens is 2. The van der Waals surface area contributed by atoms with E-state index in [9.17, 15) is 9.90 Å². The Hall–Kier alpha value is -2.50. The van der Waals surface area contributed by atoms with Gasteiger partial charge in [-0.1, -0.05) is 6.07 Å². The third-order valence-corrected chi connectivity index (χ3v) is 2.75. The number of hydrogen-bond acceptors (Lipinski definition) is 4. The van der Waals surface area contributed by atoms with Crippen molar-refractivity contribution in [3.8, 4) is 5.75 Å². The van der Waals surface area contributed by atoms with Gasteiger partial charge in [-0.2, -0.15) is 5.10 Å². The smallest absolute Gasteiger partial charge is 0.251 e. The lowest BCUT2D eigenvalue weighted by atomic mass is 10.1. The van der Waals surface area contributed by atoms with Crippen molar-refractivity contribution in [3.63, 3.8) is 0 Å². The molecule has 0 radical (unpaired) electrons. The molecule has 2 aromatic rings. The van der Waals surface area contributed by atoms with Gasteiger partial charge in [0.1, 0.15) is 5.75 Å². The highest BCUT2D eigenvalue weighted by Gasteiger charge is 2.07. The van der Waals surface area contributed by atoms with Crippen molar-refractivity contribution in [3.05, 3.63) is 41.7 Å². The Morgan fingerprint density at radius 2 is 2.32 bits per heavy atom. The first-order chi connectivity index (χ1) is 9.06. The molecule has 6 heteroatoms. The molecule has 0 atom stereocenters. The normalized spacial score (nSPS) is 10.4. The van der Waals surface area contributed by atoms with Crippen LogP contribution in [-0.4, -0.2) is 27.3 Å². The molecule has 0 fully saturated rings. The van der Waals surface area contributed by atoms with Crippen LogP contribution >= 0.6 is 0 Å². The van der Waals surface area contributed by atoms with Crippen molar-refractivity contribution < 1.29 is 9.90 Å². The Balaban J connectivity index is 1.89. The highest BCUT2D eigenvalue weighted by atomic mass is 16.3. The van der Waals surface area contributed by atoms with Gasteiger partial charge in [0.05, 0.1) is 18.4 Å². The summed E-state index contributed by atoms with van der Waals surface area (Å²) < 4.78 is 1.65. The Morgan fingerprint density at radius 3 is 2.95 bits per heavy atom. The maximum atomic E-state index is 11.8. The third kappa shape index (κ3) is 3.25. The van der Waals surface area contributed by atoms with Gasteiger partial charge in [-0.25, -0.2) is 0 Å². The summed E-state index contributed by atoms with van der Waals surface area (Å²) in [5.41, 5.74) is 7.30. The molecular weight excluding hydrogens is 244 g/mol. The zero-order chi connectivity index (χ0) is 13.8. The minimum atomic E-state index is -0.226. The summed E-state index contributed by atoms with van der Waals surface area (Å²) >= 11 is 0. The van der Waals surface area contributed by atoms with E-state index in [-0.39, 0.29) is 11.7 Å². The molecule has 0 aliphatic carbocycles. The summed E-state index contributed by atoms with van der Waals surface area (Å²) in [7, 11) is 0. The second kappa shape index (κ2) is 5.43. The van der Waals surface area contributed by atoms with Crippen molar-refractivity contribution in [1.29, 1.82) is 0 Å². The highest BCUT2D eigenvalue weighted by Crippen LogP contribution is 2.17. The molecule has 1 aromatic heterocycles. The SMILES string of the molecule is Cc1ccc(C(=O)NCCn2cc(N)cn2)cc1O. The largest absolute Gasteiger partial charge is 0.508 e. The lowest BCUT2D eigenvalue weighted by Gasteiger charge is -2.06. The molecule has 4 N–H and O–H groups in total. The number of carbonyl (C=O) groups is 1. The number of amides is 1. The lowest BCUT2D eigenvalue weighted by Crippen LogP contribution is -2.27. The van der Waals surface area contributed by atoms with E-state index in [1.54, 1.807) is 36.1 Å². The molecule has 0 unspecified atom stereocenters. The fourth-order valence-electron chi connectivity index (χ4n) is 1.64. The Morgan fingerprint density at radius 1 is 1.53 bits per heavy atom. The summed E-state index contributed by atoms with van der Waals surface area (Å²) in [6.07, 6.45) is 3.25. The van der Waals surface area contributed by atoms with E-state index in [1.165, 1.54) is 6.07 Å². The number of nitrogens with two attached hydrogens (primary N) is 1. The number of phenolic OH excluding ortho intramolecular Hbond substituents is 1. The molecule has 19 heavy (non-hydrogen) atoms. The molecule has 0 aliphatic rings. The van der Waals surface area contributed by atoms with Gasteiger partial charge in [-0.05, 0) is 24.6 Å². The molecule has 1 aromatic carbocycles. The fourth-order valence-corrected chi connectivity index (χ4v) is 1.64. The van der Waals surface area contributed by atoms with Crippen LogP contribution in [0.25, 0.3) is 0 Å². The molecule has 0 saturated heterocycles. The molecule has 0 bridgehead atoms. The van der Waals surface area contributed by atoms with Crippen molar-refractivity contribution in [2.75, 3.05) is 12.3 Å². The second-order valence-corrected chi connectivity index (χ2v) is 4.29. The van der Waals surface area contributed by atoms with E-state index >= 15 is 0 Å². The minimum absolute atomic E-state index is 0.118. The Kier molecular flexibility index (Phi) is 3.70. The number of aromatic hydroxyl groups is 1. The van der Waals surface area contributed by atoms with Crippen LogP contribution in [-0.2, 0) is 6.54 Å². The van der Waals surface area contributed by atoms with Crippen LogP contribution in [0, 0.1) is 6.92 Å². The standard InChI is InChI=1S/C13H16N4O2/c1-9-2-3-10(6-12(9)18)13(19)15-4-5-17-8-11(14)7-16-17/h2-3,6-8,18H,4-5,14H2,1H3,(H,15,19). The molecular formula is C13H16N4O2. The first kappa shape index (κ1) is 12.9. The quantitative estimate of drug-likeness (QED) is 0.761. The van der Waals surface area contributed by atoms with Gasteiger partial charge in [0.2, 0.25) is 0 Å². The Labute approximate surface area is 110 Å². The molecule has 2 rings (SSSR count). The van der Waals surface area contributed by atoms with E-state index in [0.717, 1.165) is 5.56 Å². The predicted octanol–water partition coefficient (Wildman–Crippen LogP) is 0.909. The van der Waals surface area contributed by atoms with Crippen LogP contribution in [0.15, 0.2) is 30.6 Å². The molecule has 6 nitrogen and oxygen atoms in total. The number of aryl methyl sites for hydroxylation is 1. The van der Waals surface area contributed by atoms with Gasteiger partial charge >= 0.3 is 0 Å². The molecule has 1 heterocycles. The topological polar surface area (TPSA) is 93.2 Å². The Bertz CT molecular complexity index is 592. The maximum absolute atomic E-state index is 11.8.